The molecule has 0 aromatic heterocycles. The SMILES string of the molecule is CCN(Cc1cc(Cl)ccc1O)C1COCC1C(=O)O. The zero-order chi connectivity index (χ0) is 14.7. The number of carbonyl (C=O) groups is 1. The van der Waals surface area contributed by atoms with Gasteiger partial charge in [-0.25, -0.2) is 0 Å². The van der Waals surface area contributed by atoms with Crippen molar-refractivity contribution in [3.8, 4) is 5.75 Å². The van der Waals surface area contributed by atoms with Crippen LogP contribution in [0.15, 0.2) is 18.2 Å². The van der Waals surface area contributed by atoms with Crippen LogP contribution in [0.25, 0.3) is 0 Å². The van der Waals surface area contributed by atoms with Gasteiger partial charge in [-0.1, -0.05) is 18.5 Å². The summed E-state index contributed by atoms with van der Waals surface area (Å²) in [6, 6.07) is 4.68. The van der Waals surface area contributed by atoms with Crippen molar-refractivity contribution < 1.29 is 19.7 Å². The van der Waals surface area contributed by atoms with Crippen molar-refractivity contribution in [1.29, 1.82) is 0 Å². The molecule has 0 aliphatic carbocycles. The van der Waals surface area contributed by atoms with Gasteiger partial charge in [-0.2, -0.15) is 0 Å². The van der Waals surface area contributed by atoms with E-state index in [0.29, 0.717) is 30.3 Å². The molecule has 2 unspecified atom stereocenters. The van der Waals surface area contributed by atoms with Crippen LogP contribution >= 0.6 is 11.6 Å². The fourth-order valence-electron chi connectivity index (χ4n) is 2.50. The van der Waals surface area contributed by atoms with Crippen molar-refractivity contribution in [2.45, 2.75) is 19.5 Å². The maximum atomic E-state index is 11.2. The molecule has 1 aliphatic heterocycles. The molecule has 6 heteroatoms. The number of aromatic hydroxyl groups is 1. The van der Waals surface area contributed by atoms with Crippen LogP contribution in [0, 0.1) is 5.92 Å². The Morgan fingerprint density at radius 2 is 2.25 bits per heavy atom. The summed E-state index contributed by atoms with van der Waals surface area (Å²) in [6.07, 6.45) is 0. The molecule has 0 spiro atoms. The Kier molecular flexibility index (Phi) is 4.86. The van der Waals surface area contributed by atoms with E-state index < -0.39 is 11.9 Å². The predicted molar refractivity (Wildman–Crippen MR) is 74.9 cm³/mol. The molecular weight excluding hydrogens is 282 g/mol. The number of phenols is 1. The molecule has 1 aromatic rings. The van der Waals surface area contributed by atoms with Gasteiger partial charge < -0.3 is 14.9 Å². The van der Waals surface area contributed by atoms with E-state index in [1.165, 1.54) is 0 Å². The number of halogens is 1. The molecule has 20 heavy (non-hydrogen) atoms. The number of nitrogens with zero attached hydrogens (tertiary/aromatic N) is 1. The molecule has 110 valence electrons. The second-order valence-corrected chi connectivity index (χ2v) is 5.32. The van der Waals surface area contributed by atoms with Gasteiger partial charge in [0.05, 0.1) is 19.1 Å². The number of hydrogen-bond acceptors (Lipinski definition) is 4. The van der Waals surface area contributed by atoms with E-state index in [0.717, 1.165) is 0 Å². The second kappa shape index (κ2) is 6.43. The van der Waals surface area contributed by atoms with Crippen LogP contribution < -0.4 is 0 Å². The van der Waals surface area contributed by atoms with Gasteiger partial charge >= 0.3 is 5.97 Å². The Labute approximate surface area is 122 Å². The average molecular weight is 300 g/mol. The highest BCUT2D eigenvalue weighted by molar-refractivity contribution is 6.30. The number of carboxylic acid groups (broad SMARTS) is 1. The molecule has 2 atom stereocenters. The van der Waals surface area contributed by atoms with E-state index in [1.807, 2.05) is 11.8 Å². The zero-order valence-electron chi connectivity index (χ0n) is 11.3. The summed E-state index contributed by atoms with van der Waals surface area (Å²) in [6.45, 7) is 3.70. The summed E-state index contributed by atoms with van der Waals surface area (Å²) in [4.78, 5) is 13.2. The zero-order valence-corrected chi connectivity index (χ0v) is 12.0. The van der Waals surface area contributed by atoms with Crippen molar-refractivity contribution in [2.75, 3.05) is 19.8 Å². The highest BCUT2D eigenvalue weighted by Gasteiger charge is 2.37. The Balaban J connectivity index is 2.16. The van der Waals surface area contributed by atoms with E-state index in [9.17, 15) is 15.0 Å². The van der Waals surface area contributed by atoms with Crippen molar-refractivity contribution >= 4 is 17.6 Å². The monoisotopic (exact) mass is 299 g/mol. The summed E-state index contributed by atoms with van der Waals surface area (Å²) in [5.41, 5.74) is 0.690. The van der Waals surface area contributed by atoms with Crippen molar-refractivity contribution in [1.82, 2.24) is 4.90 Å². The van der Waals surface area contributed by atoms with E-state index in [4.69, 9.17) is 16.3 Å². The van der Waals surface area contributed by atoms with E-state index in [1.54, 1.807) is 18.2 Å². The van der Waals surface area contributed by atoms with Crippen LogP contribution in [0.2, 0.25) is 5.02 Å². The molecule has 1 fully saturated rings. The van der Waals surface area contributed by atoms with Gasteiger partial charge in [0, 0.05) is 23.2 Å². The van der Waals surface area contributed by atoms with Gasteiger partial charge in [0.15, 0.2) is 0 Å². The van der Waals surface area contributed by atoms with Crippen LogP contribution in [0.3, 0.4) is 0 Å². The highest BCUT2D eigenvalue weighted by Crippen LogP contribution is 2.26. The topological polar surface area (TPSA) is 70.0 Å². The molecular formula is C14H18ClNO4. The molecule has 2 N–H and O–H groups in total. The lowest BCUT2D eigenvalue weighted by molar-refractivity contribution is -0.143. The Morgan fingerprint density at radius 3 is 2.90 bits per heavy atom. The van der Waals surface area contributed by atoms with E-state index in [-0.39, 0.29) is 18.4 Å². The first-order valence-corrected chi connectivity index (χ1v) is 6.92. The van der Waals surface area contributed by atoms with E-state index in [2.05, 4.69) is 0 Å². The van der Waals surface area contributed by atoms with Gasteiger partial charge in [-0.3, -0.25) is 9.69 Å². The fourth-order valence-corrected chi connectivity index (χ4v) is 2.70. The molecule has 1 aliphatic rings. The van der Waals surface area contributed by atoms with Crippen LogP contribution in [-0.2, 0) is 16.1 Å². The van der Waals surface area contributed by atoms with Gasteiger partial charge in [-0.05, 0) is 24.7 Å². The summed E-state index contributed by atoms with van der Waals surface area (Å²) >= 11 is 5.93. The standard InChI is InChI=1S/C14H18ClNO4/c1-2-16(12-8-20-7-11(12)14(18)19)6-9-5-10(15)3-4-13(9)17/h3-5,11-12,17H,2,6-8H2,1H3,(H,18,19). The Hall–Kier alpha value is -1.30. The number of likely N-dealkylation sites (N-methyl/N-ethyl adjacent to an activating group) is 1. The number of hydrogen-bond donors (Lipinski definition) is 2. The molecule has 1 aromatic carbocycles. The summed E-state index contributed by atoms with van der Waals surface area (Å²) < 4.78 is 5.29. The lowest BCUT2D eigenvalue weighted by atomic mass is 10.0. The Morgan fingerprint density at radius 1 is 1.50 bits per heavy atom. The third-order valence-corrected chi connectivity index (χ3v) is 3.89. The van der Waals surface area contributed by atoms with Gasteiger partial charge in [0.2, 0.25) is 0 Å². The minimum Gasteiger partial charge on any atom is -0.508 e. The second-order valence-electron chi connectivity index (χ2n) is 4.89. The number of aliphatic carboxylic acids is 1. The normalized spacial score (nSPS) is 22.4. The van der Waals surface area contributed by atoms with Crippen LogP contribution in [-0.4, -0.2) is 46.9 Å². The van der Waals surface area contributed by atoms with Gasteiger partial charge in [0.1, 0.15) is 5.75 Å². The van der Waals surface area contributed by atoms with Gasteiger partial charge in [0.25, 0.3) is 0 Å². The maximum absolute atomic E-state index is 11.2. The molecule has 1 saturated heterocycles. The molecule has 0 bridgehead atoms. The molecule has 5 nitrogen and oxygen atoms in total. The Bertz CT molecular complexity index is 494. The number of benzene rings is 1. The minimum absolute atomic E-state index is 0.165. The summed E-state index contributed by atoms with van der Waals surface area (Å²) in [5, 5.41) is 19.6. The minimum atomic E-state index is -0.846. The lowest BCUT2D eigenvalue weighted by Gasteiger charge is -2.29. The average Bonchev–Trinajstić information content (AvgIpc) is 2.89. The number of carboxylic acids is 1. The van der Waals surface area contributed by atoms with Gasteiger partial charge in [-0.15, -0.1) is 0 Å². The number of rotatable bonds is 5. The third kappa shape index (κ3) is 3.23. The van der Waals surface area contributed by atoms with Crippen molar-refractivity contribution in [2.24, 2.45) is 5.92 Å². The number of phenolic OH excluding ortho intramolecular Hbond substituents is 1. The quantitative estimate of drug-likeness (QED) is 0.870. The molecule has 0 amide bonds. The number of ether oxygens (including phenoxy) is 1. The third-order valence-electron chi connectivity index (χ3n) is 3.66. The first kappa shape index (κ1) is 15.1. The smallest absolute Gasteiger partial charge is 0.310 e. The van der Waals surface area contributed by atoms with Crippen LogP contribution in [0.4, 0.5) is 0 Å². The van der Waals surface area contributed by atoms with E-state index >= 15 is 0 Å². The molecule has 0 saturated carbocycles. The highest BCUT2D eigenvalue weighted by atomic mass is 35.5. The largest absolute Gasteiger partial charge is 0.508 e. The molecule has 0 radical (unpaired) electrons. The predicted octanol–water partition coefficient (Wildman–Crippen LogP) is 1.97. The summed E-state index contributed by atoms with van der Waals surface area (Å²) in [7, 11) is 0. The van der Waals surface area contributed by atoms with Crippen molar-refractivity contribution in [3.63, 3.8) is 0 Å². The summed E-state index contributed by atoms with van der Waals surface area (Å²) in [5.74, 6) is -1.21. The first-order valence-electron chi connectivity index (χ1n) is 6.55. The maximum Gasteiger partial charge on any atom is 0.310 e. The van der Waals surface area contributed by atoms with Crippen LogP contribution in [0.5, 0.6) is 5.75 Å². The molecule has 2 rings (SSSR count). The lowest BCUT2D eigenvalue weighted by Crippen LogP contribution is -2.42. The molecule has 1 heterocycles. The van der Waals surface area contributed by atoms with Crippen LogP contribution in [0.1, 0.15) is 12.5 Å². The fraction of sp³-hybridized carbons (Fsp3) is 0.500. The first-order chi connectivity index (χ1) is 9.52. The van der Waals surface area contributed by atoms with Crippen molar-refractivity contribution in [3.05, 3.63) is 28.8 Å².